The molecule has 9 heteroatoms. The fourth-order valence-electron chi connectivity index (χ4n) is 3.38. The van der Waals surface area contributed by atoms with Crippen molar-refractivity contribution in [3.8, 4) is 0 Å². The number of anilines is 1. The predicted molar refractivity (Wildman–Crippen MR) is 111 cm³/mol. The molecule has 0 atom stereocenters. The first-order valence-electron chi connectivity index (χ1n) is 8.51. The molecule has 1 aliphatic carbocycles. The first-order chi connectivity index (χ1) is 13.8. The molecule has 0 radical (unpaired) electrons. The molecule has 0 spiro atoms. The molecule has 1 aliphatic heterocycles. The lowest BCUT2D eigenvalue weighted by Gasteiger charge is -2.23. The van der Waals surface area contributed by atoms with Crippen LogP contribution in [0.1, 0.15) is 31.8 Å². The fraction of sp³-hybridized carbons (Fsp3) is 0.100. The number of ketones is 2. The van der Waals surface area contributed by atoms with Crippen LogP contribution in [0.2, 0.25) is 0 Å². The van der Waals surface area contributed by atoms with E-state index in [1.54, 1.807) is 30.3 Å². The number of halogens is 2. The Morgan fingerprint density at radius 2 is 1.55 bits per heavy atom. The van der Waals surface area contributed by atoms with Crippen LogP contribution in [0.4, 0.5) is 5.69 Å². The number of nitrogens with zero attached hydrogens (tertiary/aromatic N) is 1. The smallest absolute Gasteiger partial charge is 0.277 e. The van der Waals surface area contributed by atoms with E-state index in [9.17, 15) is 19.2 Å². The molecular weight excluding hydrogens is 508 g/mol. The van der Waals surface area contributed by atoms with Gasteiger partial charge < -0.3 is 10.4 Å². The van der Waals surface area contributed by atoms with Crippen molar-refractivity contribution in [2.75, 3.05) is 18.5 Å². The minimum Gasteiger partial charge on any atom is -0.395 e. The Kier molecular flexibility index (Phi) is 4.97. The normalized spacial score (nSPS) is 15.4. The molecule has 0 unspecified atom stereocenters. The number of fused-ring (bicyclic) bond motifs is 2. The van der Waals surface area contributed by atoms with Gasteiger partial charge in [0.25, 0.3) is 11.8 Å². The molecule has 7 nitrogen and oxygen atoms in total. The number of rotatable bonds is 4. The van der Waals surface area contributed by atoms with Gasteiger partial charge in [0, 0.05) is 26.1 Å². The summed E-state index contributed by atoms with van der Waals surface area (Å²) >= 11 is 6.72. The summed E-state index contributed by atoms with van der Waals surface area (Å²) in [6.07, 6.45) is 1.10. The first kappa shape index (κ1) is 19.7. The summed E-state index contributed by atoms with van der Waals surface area (Å²) < 4.78 is 0.868. The van der Waals surface area contributed by atoms with Crippen LogP contribution >= 0.6 is 31.9 Å². The zero-order valence-corrected chi connectivity index (χ0v) is 17.8. The number of nitrogens with one attached hydrogen (secondary N) is 1. The van der Waals surface area contributed by atoms with E-state index in [0.717, 1.165) is 11.0 Å². The number of hydrogen-bond donors (Lipinski definition) is 2. The highest BCUT2D eigenvalue weighted by atomic mass is 79.9. The molecule has 29 heavy (non-hydrogen) atoms. The van der Waals surface area contributed by atoms with Crippen molar-refractivity contribution in [2.24, 2.45) is 0 Å². The molecule has 2 aliphatic rings. The molecule has 0 aromatic heterocycles. The molecule has 4 rings (SSSR count). The minimum absolute atomic E-state index is 0.0484. The first-order valence-corrected chi connectivity index (χ1v) is 10.1. The van der Waals surface area contributed by atoms with Gasteiger partial charge in [-0.1, -0.05) is 24.3 Å². The van der Waals surface area contributed by atoms with E-state index >= 15 is 0 Å². The van der Waals surface area contributed by atoms with Crippen LogP contribution in [0.5, 0.6) is 0 Å². The number of aliphatic hydroxyl groups is 1. The van der Waals surface area contributed by atoms with Crippen molar-refractivity contribution in [3.63, 3.8) is 0 Å². The highest BCUT2D eigenvalue weighted by Gasteiger charge is 2.36. The number of benzene rings is 2. The zero-order valence-electron chi connectivity index (χ0n) is 14.7. The fourth-order valence-corrected chi connectivity index (χ4v) is 4.82. The lowest BCUT2D eigenvalue weighted by Crippen LogP contribution is -2.34. The molecule has 1 heterocycles. The highest BCUT2D eigenvalue weighted by Crippen LogP contribution is 2.41. The Bertz CT molecular complexity index is 1160. The summed E-state index contributed by atoms with van der Waals surface area (Å²) in [5.41, 5.74) is 1.03. The van der Waals surface area contributed by atoms with Crippen LogP contribution in [0.3, 0.4) is 0 Å². The topological polar surface area (TPSA) is 104 Å². The molecule has 0 bridgehead atoms. The van der Waals surface area contributed by atoms with Crippen LogP contribution in [-0.4, -0.2) is 46.5 Å². The summed E-state index contributed by atoms with van der Waals surface area (Å²) in [4.78, 5) is 51.6. The third kappa shape index (κ3) is 3.06. The number of hydrogen-bond acceptors (Lipinski definition) is 6. The molecule has 2 amide bonds. The maximum atomic E-state index is 13.2. The molecule has 0 fully saturated rings. The van der Waals surface area contributed by atoms with Crippen molar-refractivity contribution in [3.05, 3.63) is 73.3 Å². The Morgan fingerprint density at radius 3 is 2.17 bits per heavy atom. The van der Waals surface area contributed by atoms with Crippen molar-refractivity contribution in [1.29, 1.82) is 0 Å². The van der Waals surface area contributed by atoms with E-state index < -0.39 is 11.8 Å². The van der Waals surface area contributed by atoms with Gasteiger partial charge >= 0.3 is 0 Å². The summed E-state index contributed by atoms with van der Waals surface area (Å²) in [6.45, 7) is -0.497. The summed E-state index contributed by atoms with van der Waals surface area (Å²) in [5.74, 6) is -1.88. The zero-order chi connectivity index (χ0) is 20.9. The van der Waals surface area contributed by atoms with Crippen molar-refractivity contribution >= 4 is 60.9 Å². The Hall–Kier alpha value is -2.62. The van der Waals surface area contributed by atoms with Gasteiger partial charge in [-0.2, -0.15) is 0 Å². The molecule has 2 aromatic rings. The summed E-state index contributed by atoms with van der Waals surface area (Å²) in [7, 11) is 0. The number of imide groups is 1. The lowest BCUT2D eigenvalue weighted by molar-refractivity contribution is -0.137. The Labute approximate surface area is 181 Å². The van der Waals surface area contributed by atoms with Crippen molar-refractivity contribution in [1.82, 2.24) is 4.90 Å². The van der Waals surface area contributed by atoms with Gasteiger partial charge in [-0.05, 0) is 37.9 Å². The Balaban J connectivity index is 1.84. The SMILES string of the molecule is O=C1c2ccccc2C(=O)c2c(NC3=CC(=O)N(CCO)C3=O)c(Br)cc(Br)c21. The van der Waals surface area contributed by atoms with Gasteiger partial charge in [-0.15, -0.1) is 0 Å². The van der Waals surface area contributed by atoms with Crippen molar-refractivity contribution in [2.45, 2.75) is 0 Å². The van der Waals surface area contributed by atoms with Crippen LogP contribution in [0, 0.1) is 0 Å². The second-order valence-electron chi connectivity index (χ2n) is 6.37. The monoisotopic (exact) mass is 518 g/mol. The molecule has 0 saturated carbocycles. The number of aliphatic hydroxyl groups excluding tert-OH is 1. The maximum absolute atomic E-state index is 13.2. The van der Waals surface area contributed by atoms with Crippen LogP contribution in [0.15, 0.2) is 51.1 Å². The molecule has 146 valence electrons. The second-order valence-corrected chi connectivity index (χ2v) is 8.08. The van der Waals surface area contributed by atoms with Crippen LogP contribution in [-0.2, 0) is 9.59 Å². The summed E-state index contributed by atoms with van der Waals surface area (Å²) in [6, 6.07) is 8.12. The van der Waals surface area contributed by atoms with E-state index in [-0.39, 0.29) is 52.8 Å². The van der Waals surface area contributed by atoms with E-state index in [1.807, 2.05) is 0 Å². The van der Waals surface area contributed by atoms with Crippen molar-refractivity contribution < 1.29 is 24.3 Å². The van der Waals surface area contributed by atoms with E-state index in [0.29, 0.717) is 14.5 Å². The minimum atomic E-state index is -0.623. The highest BCUT2D eigenvalue weighted by molar-refractivity contribution is 9.11. The molecule has 2 N–H and O–H groups in total. The third-order valence-electron chi connectivity index (χ3n) is 4.69. The van der Waals surface area contributed by atoms with Gasteiger partial charge in [-0.25, -0.2) is 0 Å². The van der Waals surface area contributed by atoms with E-state index in [1.165, 1.54) is 0 Å². The largest absolute Gasteiger partial charge is 0.395 e. The van der Waals surface area contributed by atoms with Gasteiger partial charge in [0.15, 0.2) is 11.6 Å². The molecular formula is C20H12Br2N2O5. The lowest BCUT2D eigenvalue weighted by atomic mass is 9.83. The maximum Gasteiger partial charge on any atom is 0.277 e. The summed E-state index contributed by atoms with van der Waals surface area (Å²) in [5, 5.41) is 11.9. The predicted octanol–water partition coefficient (Wildman–Crippen LogP) is 2.64. The second kappa shape index (κ2) is 7.33. The Morgan fingerprint density at radius 1 is 0.931 bits per heavy atom. The van der Waals surface area contributed by atoms with Crippen LogP contribution in [0.25, 0.3) is 0 Å². The van der Waals surface area contributed by atoms with E-state index in [4.69, 9.17) is 5.11 Å². The molecule has 2 aromatic carbocycles. The number of amides is 2. The number of carbonyl (C=O) groups is 4. The van der Waals surface area contributed by atoms with Gasteiger partial charge in [0.2, 0.25) is 0 Å². The average molecular weight is 520 g/mol. The standard InChI is InChI=1S/C20H12Br2N2O5/c21-11-7-12(22)17(23-13-8-14(26)24(5-6-25)20(13)29)16-15(11)18(27)9-3-1-2-4-10(9)19(16)28/h1-4,7-8,23,25H,5-6H2. The van der Waals surface area contributed by atoms with E-state index in [2.05, 4.69) is 37.2 Å². The van der Waals surface area contributed by atoms with Gasteiger partial charge in [-0.3, -0.25) is 24.1 Å². The van der Waals surface area contributed by atoms with Gasteiger partial charge in [0.1, 0.15) is 5.70 Å². The molecule has 0 saturated heterocycles. The quantitative estimate of drug-likeness (QED) is 0.513. The third-order valence-corrected chi connectivity index (χ3v) is 5.95. The number of β-amino-alcohol motifs (C(OH)–C–C–N with tert-alkyl or cyclic N) is 1. The van der Waals surface area contributed by atoms with Gasteiger partial charge in [0.05, 0.1) is 30.0 Å². The van der Waals surface area contributed by atoms with Crippen LogP contribution < -0.4 is 5.32 Å². The average Bonchev–Trinajstić information content (AvgIpc) is 2.96. The number of carbonyl (C=O) groups excluding carboxylic acids is 4.